The zero-order chi connectivity index (χ0) is 18.5. The Hall–Kier alpha value is -3.20. The molecule has 0 aliphatic carbocycles. The van der Waals surface area contributed by atoms with E-state index in [0.717, 1.165) is 6.21 Å². The molecule has 0 saturated heterocycles. The van der Waals surface area contributed by atoms with Crippen LogP contribution in [0, 0.1) is 5.41 Å². The monoisotopic (exact) mass is 358 g/mol. The molecule has 134 valence electrons. The predicted octanol–water partition coefficient (Wildman–Crippen LogP) is 2.30. The highest BCUT2D eigenvalue weighted by molar-refractivity contribution is 6.07. The average Bonchev–Trinajstić information content (AvgIpc) is 3.08. The molecule has 3 heterocycles. The Morgan fingerprint density at radius 3 is 2.88 bits per heavy atom. The molecule has 0 radical (unpaired) electrons. The smallest absolute Gasteiger partial charge is 0.282 e. The van der Waals surface area contributed by atoms with Crippen molar-refractivity contribution >= 4 is 17.4 Å². The van der Waals surface area contributed by atoms with Gasteiger partial charge in [0, 0.05) is 36.3 Å². The van der Waals surface area contributed by atoms with Gasteiger partial charge in [0.1, 0.15) is 5.69 Å². The van der Waals surface area contributed by atoms with Gasteiger partial charge in [-0.3, -0.25) is 4.98 Å². The third-order valence-electron chi connectivity index (χ3n) is 3.63. The third kappa shape index (κ3) is 3.57. The molecule has 3 rings (SSSR count). The first-order chi connectivity index (χ1) is 12.6. The van der Waals surface area contributed by atoms with Crippen molar-refractivity contribution in [1.29, 1.82) is 5.41 Å². The Balaban J connectivity index is 2.02. The molecule has 0 unspecified atom stereocenters. The first kappa shape index (κ1) is 17.6. The van der Waals surface area contributed by atoms with Crippen LogP contribution in [-0.2, 0) is 0 Å². The number of rotatable bonds is 7. The van der Waals surface area contributed by atoms with Crippen LogP contribution < -0.4 is 5.32 Å². The van der Waals surface area contributed by atoms with Gasteiger partial charge in [-0.2, -0.15) is 5.10 Å². The molecule has 7 nitrogen and oxygen atoms in total. The Morgan fingerprint density at radius 1 is 1.31 bits per heavy atom. The van der Waals surface area contributed by atoms with Crippen LogP contribution in [0.15, 0.2) is 42.9 Å². The molecule has 9 heteroatoms. The number of allylic oxidation sites excluding steroid dienone is 1. The second-order valence-electron chi connectivity index (χ2n) is 5.32. The molecular formula is C17H16F2N6O. The lowest BCUT2D eigenvalue weighted by Crippen LogP contribution is -2.12. The summed E-state index contributed by atoms with van der Waals surface area (Å²) in [5.74, 6) is 0. The van der Waals surface area contributed by atoms with Gasteiger partial charge in [0.05, 0.1) is 24.2 Å². The molecule has 0 atom stereocenters. The molecule has 3 N–H and O–H groups in total. The molecule has 0 saturated carbocycles. The van der Waals surface area contributed by atoms with Crippen LogP contribution in [0.5, 0.6) is 0 Å². The van der Waals surface area contributed by atoms with Crippen LogP contribution >= 0.6 is 0 Å². The van der Waals surface area contributed by atoms with Gasteiger partial charge in [-0.05, 0) is 24.3 Å². The van der Waals surface area contributed by atoms with Crippen LogP contribution in [0.4, 0.5) is 8.78 Å². The number of halogens is 2. The minimum absolute atomic E-state index is 0.0325. The van der Waals surface area contributed by atoms with Crippen molar-refractivity contribution in [3.8, 4) is 11.3 Å². The quantitative estimate of drug-likeness (QED) is 0.445. The lowest BCUT2D eigenvalue weighted by Gasteiger charge is -2.06. The number of aliphatic hydroxyl groups is 1. The summed E-state index contributed by atoms with van der Waals surface area (Å²) in [5, 5.41) is 23.2. The maximum atomic E-state index is 12.9. The Morgan fingerprint density at radius 2 is 2.15 bits per heavy atom. The second kappa shape index (κ2) is 7.79. The number of aromatic nitrogens is 4. The summed E-state index contributed by atoms with van der Waals surface area (Å²) in [6.45, 7) is 0.319. The van der Waals surface area contributed by atoms with Gasteiger partial charge < -0.3 is 15.8 Å². The van der Waals surface area contributed by atoms with E-state index in [1.807, 2.05) is 0 Å². The zero-order valence-corrected chi connectivity index (χ0v) is 13.6. The van der Waals surface area contributed by atoms with Gasteiger partial charge in [0.15, 0.2) is 5.65 Å². The minimum atomic E-state index is -2.67. The zero-order valence-electron chi connectivity index (χ0n) is 13.6. The van der Waals surface area contributed by atoms with Crippen molar-refractivity contribution < 1.29 is 13.9 Å². The number of imidazole rings is 1. The van der Waals surface area contributed by atoms with Gasteiger partial charge in [-0.25, -0.2) is 18.3 Å². The number of hydrogen-bond acceptors (Lipinski definition) is 6. The highest BCUT2D eigenvalue weighted by Gasteiger charge is 2.14. The van der Waals surface area contributed by atoms with E-state index in [2.05, 4.69) is 20.4 Å². The van der Waals surface area contributed by atoms with Crippen molar-refractivity contribution in [2.24, 2.45) is 0 Å². The van der Waals surface area contributed by atoms with Gasteiger partial charge in [-0.1, -0.05) is 0 Å². The fraction of sp³-hybridized carbons (Fsp3) is 0.176. The van der Waals surface area contributed by atoms with Crippen LogP contribution in [0.25, 0.3) is 22.5 Å². The molecule has 26 heavy (non-hydrogen) atoms. The first-order valence-electron chi connectivity index (χ1n) is 7.78. The maximum absolute atomic E-state index is 12.9. The summed E-state index contributed by atoms with van der Waals surface area (Å²) in [6, 6.07) is 6.17. The van der Waals surface area contributed by atoms with E-state index < -0.39 is 6.43 Å². The molecule has 3 aromatic heterocycles. The van der Waals surface area contributed by atoms with Crippen molar-refractivity contribution in [1.82, 2.24) is 24.9 Å². The van der Waals surface area contributed by atoms with Crippen molar-refractivity contribution in [2.75, 3.05) is 13.2 Å². The Labute approximate surface area is 147 Å². The van der Waals surface area contributed by atoms with Crippen LogP contribution in [0.3, 0.4) is 0 Å². The van der Waals surface area contributed by atoms with E-state index >= 15 is 0 Å². The van der Waals surface area contributed by atoms with Gasteiger partial charge in [0.2, 0.25) is 0 Å². The van der Waals surface area contributed by atoms with Crippen LogP contribution in [0.2, 0.25) is 0 Å². The average molecular weight is 358 g/mol. The number of hydrogen-bond donors (Lipinski definition) is 3. The Kier molecular flexibility index (Phi) is 5.28. The topological polar surface area (TPSA) is 99.2 Å². The summed E-state index contributed by atoms with van der Waals surface area (Å²) in [4.78, 5) is 8.42. The molecule has 0 spiro atoms. The van der Waals surface area contributed by atoms with E-state index in [1.54, 1.807) is 30.7 Å². The SMILES string of the molecule is N=C/C(=C\NCCO)c1cc(-c2cnc3ccc(C(F)F)nn23)ccn1. The summed E-state index contributed by atoms with van der Waals surface area (Å²) in [6.07, 6.45) is 3.15. The number of alkyl halides is 2. The number of nitrogens with zero attached hydrogens (tertiary/aromatic N) is 4. The number of fused-ring (bicyclic) bond motifs is 1. The lowest BCUT2D eigenvalue weighted by molar-refractivity contribution is 0.144. The van der Waals surface area contributed by atoms with Crippen molar-refractivity contribution in [3.63, 3.8) is 0 Å². The number of pyridine rings is 1. The number of nitrogens with one attached hydrogen (secondary N) is 2. The van der Waals surface area contributed by atoms with Crippen LogP contribution in [0.1, 0.15) is 17.8 Å². The van der Waals surface area contributed by atoms with Gasteiger partial charge in [-0.15, -0.1) is 0 Å². The van der Waals surface area contributed by atoms with E-state index in [9.17, 15) is 8.78 Å². The summed E-state index contributed by atoms with van der Waals surface area (Å²) < 4.78 is 27.2. The molecule has 0 fully saturated rings. The summed E-state index contributed by atoms with van der Waals surface area (Å²) in [5.41, 5.74) is 2.36. The molecule has 3 aromatic rings. The predicted molar refractivity (Wildman–Crippen MR) is 93.0 cm³/mol. The second-order valence-corrected chi connectivity index (χ2v) is 5.32. The number of aliphatic hydroxyl groups excluding tert-OH is 1. The molecule has 0 aliphatic rings. The van der Waals surface area contributed by atoms with Crippen molar-refractivity contribution in [2.45, 2.75) is 6.43 Å². The fourth-order valence-corrected chi connectivity index (χ4v) is 2.38. The first-order valence-corrected chi connectivity index (χ1v) is 7.78. The maximum Gasteiger partial charge on any atom is 0.282 e. The minimum Gasteiger partial charge on any atom is -0.395 e. The molecule has 0 amide bonds. The highest BCUT2D eigenvalue weighted by atomic mass is 19.3. The fourth-order valence-electron chi connectivity index (χ4n) is 2.38. The molecule has 0 aromatic carbocycles. The summed E-state index contributed by atoms with van der Waals surface area (Å²) in [7, 11) is 0. The van der Waals surface area contributed by atoms with E-state index in [1.165, 1.54) is 16.6 Å². The van der Waals surface area contributed by atoms with E-state index in [0.29, 0.717) is 34.7 Å². The lowest BCUT2D eigenvalue weighted by atomic mass is 10.1. The normalized spacial score (nSPS) is 11.9. The van der Waals surface area contributed by atoms with E-state index in [-0.39, 0.29) is 12.3 Å². The Bertz CT molecular complexity index is 953. The third-order valence-corrected chi connectivity index (χ3v) is 3.63. The molecule has 0 aliphatic heterocycles. The van der Waals surface area contributed by atoms with Crippen LogP contribution in [-0.4, -0.2) is 44.1 Å². The van der Waals surface area contributed by atoms with Gasteiger partial charge in [0.25, 0.3) is 6.43 Å². The summed E-state index contributed by atoms with van der Waals surface area (Å²) >= 11 is 0. The highest BCUT2D eigenvalue weighted by Crippen LogP contribution is 2.24. The standard InChI is InChI=1S/C17H16F2N6O/c18-17(19)13-1-2-16-23-10-15(25(16)24-13)11-3-4-22-14(7-11)12(8-20)9-21-5-6-26/h1-4,7-10,17,20-21,26H,5-6H2/b12-9+,20-8?. The van der Waals surface area contributed by atoms with Crippen molar-refractivity contribution in [3.05, 3.63) is 54.2 Å². The largest absolute Gasteiger partial charge is 0.395 e. The molecular weight excluding hydrogens is 342 g/mol. The van der Waals surface area contributed by atoms with Gasteiger partial charge >= 0.3 is 0 Å². The molecule has 0 bridgehead atoms. The van der Waals surface area contributed by atoms with E-state index in [4.69, 9.17) is 10.5 Å².